The lowest BCUT2D eigenvalue weighted by atomic mass is 9.92. The van der Waals surface area contributed by atoms with Crippen LogP contribution in [0, 0.1) is 42.4 Å². The molecule has 1 aliphatic rings. The third kappa shape index (κ3) is 10.0. The van der Waals surface area contributed by atoms with Gasteiger partial charge in [-0.15, -0.1) is 19.4 Å². The molecule has 66 heavy (non-hydrogen) atoms. The van der Waals surface area contributed by atoms with Gasteiger partial charge in [-0.1, -0.05) is 87.2 Å². The van der Waals surface area contributed by atoms with Crippen molar-refractivity contribution in [2.24, 2.45) is 17.8 Å². The summed E-state index contributed by atoms with van der Waals surface area (Å²) in [5, 5.41) is 7.17. The summed E-state index contributed by atoms with van der Waals surface area (Å²) in [5.41, 5.74) is 6.68. The number of aromatic amines is 2. The van der Waals surface area contributed by atoms with E-state index in [1.807, 2.05) is 63.2 Å². The van der Waals surface area contributed by atoms with Gasteiger partial charge >= 0.3 is 12.2 Å². The number of nitrogens with zero attached hydrogens (tertiary/aromatic N) is 4. The van der Waals surface area contributed by atoms with Crippen LogP contribution in [-0.2, 0) is 38.8 Å². The average Bonchev–Trinajstić information content (AvgIpc) is 3.99. The lowest BCUT2D eigenvalue weighted by Crippen LogP contribution is -2.52. The number of H-pyrrole nitrogens is 2. The molecule has 15 heteroatoms. The molecule has 0 aliphatic carbocycles. The molecular formula is C51H52N8O7. The SMILES string of the molecule is C#CC(C#C)CN(Cc1ncc(-c2ccc3c(c2)COc2cc4c(ccc5[nH]c(CN(C[C@H](C)C=C)C(=O)[C@H](NC(=O)OC)c6ccccc6)nc54)cc2-3)[nH]1)C(=O)[C@@H](NC(=O)OC)C(C)C. The van der Waals surface area contributed by atoms with Gasteiger partial charge < -0.3 is 44.6 Å². The van der Waals surface area contributed by atoms with Crippen molar-refractivity contribution < 1.29 is 33.4 Å². The monoisotopic (exact) mass is 888 g/mol. The van der Waals surface area contributed by atoms with Crippen molar-refractivity contribution in [1.82, 2.24) is 40.4 Å². The summed E-state index contributed by atoms with van der Waals surface area (Å²) in [4.78, 5) is 72.1. The van der Waals surface area contributed by atoms with Crippen LogP contribution in [0.1, 0.15) is 49.6 Å². The highest BCUT2D eigenvalue weighted by Gasteiger charge is 2.32. The normalized spacial score (nSPS) is 13.0. The third-order valence-electron chi connectivity index (χ3n) is 11.6. The summed E-state index contributed by atoms with van der Waals surface area (Å²) in [6.45, 7) is 10.5. The number of ether oxygens (including phenoxy) is 3. The highest BCUT2D eigenvalue weighted by molar-refractivity contribution is 6.07. The van der Waals surface area contributed by atoms with Crippen molar-refractivity contribution in [3.8, 4) is 52.8 Å². The maximum Gasteiger partial charge on any atom is 0.407 e. The molecule has 4 amide bonds. The number of methoxy groups -OCH3 is 2. The Morgan fingerprint density at radius 3 is 2.27 bits per heavy atom. The van der Waals surface area contributed by atoms with Crippen molar-refractivity contribution in [3.63, 3.8) is 0 Å². The van der Waals surface area contributed by atoms with Crippen LogP contribution in [0.25, 0.3) is 44.2 Å². The van der Waals surface area contributed by atoms with Gasteiger partial charge in [0.15, 0.2) is 0 Å². The van der Waals surface area contributed by atoms with Gasteiger partial charge in [0.05, 0.1) is 56.2 Å². The number of hydrogen-bond donors (Lipinski definition) is 4. The first-order valence-electron chi connectivity index (χ1n) is 21.5. The molecule has 0 radical (unpaired) electrons. The van der Waals surface area contributed by atoms with Gasteiger partial charge in [-0.2, -0.15) is 0 Å². The molecule has 4 N–H and O–H groups in total. The molecule has 0 spiro atoms. The zero-order valence-electron chi connectivity index (χ0n) is 37.5. The van der Waals surface area contributed by atoms with E-state index in [-0.39, 0.29) is 43.3 Å². The van der Waals surface area contributed by atoms with Crippen LogP contribution in [0.5, 0.6) is 5.75 Å². The topological polar surface area (TPSA) is 184 Å². The fourth-order valence-corrected chi connectivity index (χ4v) is 7.98. The van der Waals surface area contributed by atoms with Crippen LogP contribution in [0.4, 0.5) is 9.59 Å². The molecule has 15 nitrogen and oxygen atoms in total. The van der Waals surface area contributed by atoms with Gasteiger partial charge in [-0.3, -0.25) is 9.59 Å². The molecule has 338 valence electrons. The van der Waals surface area contributed by atoms with E-state index in [0.717, 1.165) is 49.8 Å². The average molecular weight is 889 g/mol. The van der Waals surface area contributed by atoms with Gasteiger partial charge in [0.25, 0.3) is 0 Å². The van der Waals surface area contributed by atoms with Gasteiger partial charge in [-0.05, 0) is 63.7 Å². The van der Waals surface area contributed by atoms with Crippen LogP contribution in [0.15, 0.2) is 91.6 Å². The largest absolute Gasteiger partial charge is 0.488 e. The number of hydrogen-bond acceptors (Lipinski definition) is 9. The van der Waals surface area contributed by atoms with E-state index in [4.69, 9.17) is 32.0 Å². The minimum absolute atomic E-state index is 0.0455. The molecule has 0 bridgehead atoms. The zero-order chi connectivity index (χ0) is 47.1. The van der Waals surface area contributed by atoms with Crippen molar-refractivity contribution >= 4 is 45.8 Å². The molecule has 7 rings (SSSR count). The second-order valence-electron chi connectivity index (χ2n) is 16.5. The van der Waals surface area contributed by atoms with Gasteiger partial charge in [0.2, 0.25) is 11.8 Å². The maximum absolute atomic E-state index is 14.2. The number of benzene rings is 4. The van der Waals surface area contributed by atoms with E-state index in [9.17, 15) is 19.2 Å². The minimum Gasteiger partial charge on any atom is -0.488 e. The van der Waals surface area contributed by atoms with E-state index in [2.05, 4.69) is 62.2 Å². The molecular weight excluding hydrogens is 837 g/mol. The summed E-state index contributed by atoms with van der Waals surface area (Å²) in [7, 11) is 2.50. The third-order valence-corrected chi connectivity index (χ3v) is 11.6. The van der Waals surface area contributed by atoms with E-state index in [1.165, 1.54) is 19.1 Å². The molecule has 0 saturated heterocycles. The number of aromatic nitrogens is 4. The van der Waals surface area contributed by atoms with E-state index >= 15 is 0 Å². The Hall–Kier alpha value is -8.04. The molecule has 4 aromatic carbocycles. The predicted molar refractivity (Wildman–Crippen MR) is 251 cm³/mol. The minimum atomic E-state index is -0.983. The van der Waals surface area contributed by atoms with Crippen LogP contribution in [0.2, 0.25) is 0 Å². The quantitative estimate of drug-likeness (QED) is 0.0565. The highest BCUT2D eigenvalue weighted by Crippen LogP contribution is 2.42. The van der Waals surface area contributed by atoms with Gasteiger partial charge in [0.1, 0.15) is 36.1 Å². The zero-order valence-corrected chi connectivity index (χ0v) is 37.5. The van der Waals surface area contributed by atoms with Crippen LogP contribution < -0.4 is 15.4 Å². The number of imidazole rings is 2. The maximum atomic E-state index is 14.2. The molecule has 3 heterocycles. The summed E-state index contributed by atoms with van der Waals surface area (Å²) in [5.74, 6) is 5.23. The van der Waals surface area contributed by atoms with Crippen molar-refractivity contribution in [2.75, 3.05) is 27.3 Å². The van der Waals surface area contributed by atoms with Gasteiger partial charge in [-0.25, -0.2) is 19.6 Å². The predicted octanol–water partition coefficient (Wildman–Crippen LogP) is 7.51. The van der Waals surface area contributed by atoms with E-state index in [1.54, 1.807) is 29.3 Å². The molecule has 0 unspecified atom stereocenters. The van der Waals surface area contributed by atoms with Crippen molar-refractivity contribution in [2.45, 2.75) is 52.6 Å². The van der Waals surface area contributed by atoms with E-state index < -0.39 is 30.2 Å². The second kappa shape index (κ2) is 20.2. The number of fused-ring (bicyclic) bond motifs is 6. The Morgan fingerprint density at radius 1 is 0.864 bits per heavy atom. The first-order valence-corrected chi connectivity index (χ1v) is 21.5. The number of carbonyl (C=O) groups excluding carboxylic acids is 4. The van der Waals surface area contributed by atoms with E-state index in [0.29, 0.717) is 36.1 Å². The number of rotatable bonds is 16. The number of alkyl carbamates (subject to hydrolysis) is 2. The van der Waals surface area contributed by atoms with Crippen LogP contribution >= 0.6 is 0 Å². The summed E-state index contributed by atoms with van der Waals surface area (Å²) < 4.78 is 16.0. The Labute approximate surface area is 383 Å². The molecule has 0 saturated carbocycles. The Bertz CT molecular complexity index is 2860. The first kappa shape index (κ1) is 46.0. The number of amides is 4. The molecule has 6 aromatic rings. The Kier molecular flexibility index (Phi) is 14.1. The first-order chi connectivity index (χ1) is 31.8. The lowest BCUT2D eigenvalue weighted by molar-refractivity contribution is -0.135. The van der Waals surface area contributed by atoms with Crippen molar-refractivity contribution in [1.29, 1.82) is 0 Å². The summed E-state index contributed by atoms with van der Waals surface area (Å²) in [6, 6.07) is 21.4. The lowest BCUT2D eigenvalue weighted by Gasteiger charge is -2.29. The standard InChI is InChI=1S/C51H52N8O7/c1-9-31(6)25-58(49(61)46(57-51(63)65-8)33-15-13-12-14-16-33)28-44-53-40-20-18-34-22-39-37-19-17-35(21-36(37)29-66-42(39)23-38(34)47(40)55-44)41-24-52-43(54-41)27-59(26-32(10-2)11-3)48(60)45(30(4)5)56-50(62)64-7/h2-3,9,12-24,30-32,45-46H,1,25-29H2,4-8H3,(H,52,54)(H,53,55)(H,56,62)(H,57,63)/t31-,45+,46-/m1/s1. The van der Waals surface area contributed by atoms with Crippen LogP contribution in [0.3, 0.4) is 0 Å². The number of nitrogens with one attached hydrogen (secondary N) is 4. The van der Waals surface area contributed by atoms with Crippen molar-refractivity contribution in [3.05, 3.63) is 114 Å². The summed E-state index contributed by atoms with van der Waals surface area (Å²) >= 11 is 0. The molecule has 1 aliphatic heterocycles. The molecule has 3 atom stereocenters. The molecule has 2 aromatic heterocycles. The van der Waals surface area contributed by atoms with Gasteiger partial charge in [0, 0.05) is 24.0 Å². The number of terminal acetylenes is 2. The number of carbonyl (C=O) groups is 4. The fourth-order valence-electron chi connectivity index (χ4n) is 7.98. The Morgan fingerprint density at radius 2 is 1.58 bits per heavy atom. The Balaban J connectivity index is 1.13. The second-order valence-corrected chi connectivity index (χ2v) is 16.5. The smallest absolute Gasteiger partial charge is 0.407 e. The molecule has 0 fully saturated rings. The van der Waals surface area contributed by atoms with Crippen LogP contribution in [-0.4, -0.2) is 87.1 Å². The fraction of sp³-hybridized carbons (Fsp3) is 0.294. The highest BCUT2D eigenvalue weighted by atomic mass is 16.5. The summed E-state index contributed by atoms with van der Waals surface area (Å²) in [6.07, 6.45) is 13.4.